The van der Waals surface area contributed by atoms with Gasteiger partial charge in [-0.05, 0) is 24.3 Å². The zero-order valence-electron chi connectivity index (χ0n) is 10.1. The first-order chi connectivity index (χ1) is 9.38. The fraction of sp³-hybridized carbons (Fsp3) is 0.0667. The molecule has 0 aliphatic heterocycles. The third kappa shape index (κ3) is 2.35. The van der Waals surface area contributed by atoms with E-state index >= 15 is 0 Å². The van der Waals surface area contributed by atoms with Gasteiger partial charge in [0.05, 0.1) is 15.8 Å². The van der Waals surface area contributed by atoms with Crippen molar-refractivity contribution in [1.82, 2.24) is 4.98 Å². The topological polar surface area (TPSA) is 39.2 Å². The Kier molecular flexibility index (Phi) is 3.25. The number of benzene rings is 2. The quantitative estimate of drug-likeness (QED) is 0.680. The first kappa shape index (κ1) is 11.9. The molecule has 2 aromatic carbocycles. The fourth-order valence-electron chi connectivity index (χ4n) is 1.88. The lowest BCUT2D eigenvalue weighted by Crippen LogP contribution is -1.98. The average molecular weight is 269 g/mol. The van der Waals surface area contributed by atoms with Crippen LogP contribution in [0.5, 0.6) is 5.75 Å². The molecular formula is C15H11NO2S. The van der Waals surface area contributed by atoms with E-state index in [0.29, 0.717) is 5.75 Å². The third-order valence-electron chi connectivity index (χ3n) is 2.72. The maximum Gasteiger partial charge on any atom is 0.157 e. The van der Waals surface area contributed by atoms with E-state index in [4.69, 9.17) is 4.74 Å². The number of rotatable bonds is 4. The lowest BCUT2D eigenvalue weighted by atomic mass is 10.2. The van der Waals surface area contributed by atoms with Gasteiger partial charge in [-0.3, -0.25) is 4.79 Å². The van der Waals surface area contributed by atoms with Crippen LogP contribution in [0, 0.1) is 0 Å². The van der Waals surface area contributed by atoms with E-state index in [0.717, 1.165) is 27.1 Å². The number of ether oxygens (including phenoxy) is 1. The number of aldehydes is 1. The number of hydrogen-bond acceptors (Lipinski definition) is 4. The molecule has 0 aliphatic rings. The van der Waals surface area contributed by atoms with Crippen molar-refractivity contribution in [2.45, 2.75) is 0 Å². The summed E-state index contributed by atoms with van der Waals surface area (Å²) in [5, 5.41) is 0.905. The Morgan fingerprint density at radius 3 is 2.74 bits per heavy atom. The number of aromatic nitrogens is 1. The highest BCUT2D eigenvalue weighted by Crippen LogP contribution is 2.35. The van der Waals surface area contributed by atoms with Gasteiger partial charge in [-0.15, -0.1) is 11.3 Å². The zero-order chi connectivity index (χ0) is 13.1. The lowest BCUT2D eigenvalue weighted by Gasteiger charge is -2.06. The fourth-order valence-corrected chi connectivity index (χ4v) is 2.88. The first-order valence-corrected chi connectivity index (χ1v) is 6.71. The SMILES string of the molecule is O=CCOc1ccccc1-c1nc2ccccc2s1. The summed E-state index contributed by atoms with van der Waals surface area (Å²) in [7, 11) is 0. The highest BCUT2D eigenvalue weighted by molar-refractivity contribution is 7.21. The van der Waals surface area contributed by atoms with Crippen LogP contribution in [-0.4, -0.2) is 17.9 Å². The Labute approximate surface area is 114 Å². The van der Waals surface area contributed by atoms with E-state index in [2.05, 4.69) is 4.98 Å². The van der Waals surface area contributed by atoms with Crippen molar-refractivity contribution in [3.05, 3.63) is 48.5 Å². The molecule has 4 heteroatoms. The third-order valence-corrected chi connectivity index (χ3v) is 3.79. The smallest absolute Gasteiger partial charge is 0.157 e. The Balaban J connectivity index is 2.07. The van der Waals surface area contributed by atoms with Crippen LogP contribution in [-0.2, 0) is 4.79 Å². The maximum atomic E-state index is 10.4. The molecule has 0 aliphatic carbocycles. The monoisotopic (exact) mass is 269 g/mol. The number of thiazole rings is 1. The van der Waals surface area contributed by atoms with Crippen LogP contribution in [0.25, 0.3) is 20.8 Å². The molecule has 0 spiro atoms. The highest BCUT2D eigenvalue weighted by atomic mass is 32.1. The van der Waals surface area contributed by atoms with Crippen molar-refractivity contribution in [1.29, 1.82) is 0 Å². The molecule has 3 nitrogen and oxygen atoms in total. The minimum atomic E-state index is 0.0574. The number of carbonyl (C=O) groups is 1. The summed E-state index contributed by atoms with van der Waals surface area (Å²) in [4.78, 5) is 15.0. The van der Waals surface area contributed by atoms with Crippen LogP contribution in [0.3, 0.4) is 0 Å². The molecule has 0 radical (unpaired) electrons. The first-order valence-electron chi connectivity index (χ1n) is 5.90. The standard InChI is InChI=1S/C15H11NO2S/c17-9-10-18-13-7-3-1-5-11(13)15-16-12-6-2-4-8-14(12)19-15/h1-9H,10H2. The predicted molar refractivity (Wildman–Crippen MR) is 76.6 cm³/mol. The maximum absolute atomic E-state index is 10.4. The van der Waals surface area contributed by atoms with Crippen molar-refractivity contribution in [3.63, 3.8) is 0 Å². The number of para-hydroxylation sites is 2. The molecule has 94 valence electrons. The van der Waals surface area contributed by atoms with E-state index in [-0.39, 0.29) is 6.61 Å². The highest BCUT2D eigenvalue weighted by Gasteiger charge is 2.10. The van der Waals surface area contributed by atoms with Crippen LogP contribution in [0.4, 0.5) is 0 Å². The average Bonchev–Trinajstić information content (AvgIpc) is 2.89. The summed E-state index contributed by atoms with van der Waals surface area (Å²) in [5.74, 6) is 0.689. The van der Waals surface area contributed by atoms with Gasteiger partial charge in [0, 0.05) is 0 Å². The van der Waals surface area contributed by atoms with Crippen molar-refractivity contribution >= 4 is 27.8 Å². The summed E-state index contributed by atoms with van der Waals surface area (Å²) < 4.78 is 6.58. The van der Waals surface area contributed by atoms with Crippen molar-refractivity contribution in [2.24, 2.45) is 0 Å². The molecule has 3 aromatic rings. The molecule has 0 amide bonds. The molecule has 0 saturated carbocycles. The minimum absolute atomic E-state index is 0.0574. The van der Waals surface area contributed by atoms with Gasteiger partial charge in [0.15, 0.2) is 6.29 Å². The second kappa shape index (κ2) is 5.20. The molecule has 19 heavy (non-hydrogen) atoms. The summed E-state index contributed by atoms with van der Waals surface area (Å²) in [6.45, 7) is 0.0574. The van der Waals surface area contributed by atoms with Crippen LogP contribution in [0.1, 0.15) is 0 Å². The van der Waals surface area contributed by atoms with E-state index in [9.17, 15) is 4.79 Å². The number of fused-ring (bicyclic) bond motifs is 1. The minimum Gasteiger partial charge on any atom is -0.485 e. The summed E-state index contributed by atoms with van der Waals surface area (Å²) in [6.07, 6.45) is 0.745. The second-order valence-electron chi connectivity index (χ2n) is 3.96. The second-order valence-corrected chi connectivity index (χ2v) is 4.99. The molecule has 0 saturated heterocycles. The normalized spacial score (nSPS) is 10.5. The van der Waals surface area contributed by atoms with Gasteiger partial charge in [-0.2, -0.15) is 0 Å². The Morgan fingerprint density at radius 2 is 1.89 bits per heavy atom. The molecule has 1 aromatic heterocycles. The van der Waals surface area contributed by atoms with E-state index < -0.39 is 0 Å². The van der Waals surface area contributed by atoms with E-state index in [1.807, 2.05) is 48.5 Å². The van der Waals surface area contributed by atoms with Crippen molar-refractivity contribution < 1.29 is 9.53 Å². The Bertz CT molecular complexity index is 688. The summed E-state index contributed by atoms with van der Waals surface area (Å²) in [6, 6.07) is 15.6. The number of nitrogens with zero attached hydrogens (tertiary/aromatic N) is 1. The zero-order valence-corrected chi connectivity index (χ0v) is 10.9. The van der Waals surface area contributed by atoms with Crippen LogP contribution in [0.2, 0.25) is 0 Å². The van der Waals surface area contributed by atoms with Crippen LogP contribution >= 0.6 is 11.3 Å². The van der Waals surface area contributed by atoms with Crippen LogP contribution < -0.4 is 4.74 Å². The largest absolute Gasteiger partial charge is 0.485 e. The van der Waals surface area contributed by atoms with Gasteiger partial charge in [-0.25, -0.2) is 4.98 Å². The molecular weight excluding hydrogens is 258 g/mol. The number of hydrogen-bond donors (Lipinski definition) is 0. The molecule has 0 N–H and O–H groups in total. The van der Waals surface area contributed by atoms with Gasteiger partial charge in [0.1, 0.15) is 17.4 Å². The Morgan fingerprint density at radius 1 is 1.11 bits per heavy atom. The van der Waals surface area contributed by atoms with Crippen LogP contribution in [0.15, 0.2) is 48.5 Å². The Hall–Kier alpha value is -2.20. The summed E-state index contributed by atoms with van der Waals surface area (Å²) in [5.41, 5.74) is 1.90. The lowest BCUT2D eigenvalue weighted by molar-refractivity contribution is -0.109. The molecule has 0 bridgehead atoms. The van der Waals surface area contributed by atoms with Crippen molar-refractivity contribution in [3.8, 4) is 16.3 Å². The van der Waals surface area contributed by atoms with Gasteiger partial charge in [-0.1, -0.05) is 24.3 Å². The van der Waals surface area contributed by atoms with Gasteiger partial charge >= 0.3 is 0 Å². The molecule has 3 rings (SSSR count). The molecule has 0 unspecified atom stereocenters. The molecule has 1 heterocycles. The molecule has 0 atom stereocenters. The predicted octanol–water partition coefficient (Wildman–Crippen LogP) is 3.54. The van der Waals surface area contributed by atoms with Gasteiger partial charge < -0.3 is 4.74 Å². The van der Waals surface area contributed by atoms with E-state index in [1.54, 1.807) is 11.3 Å². The van der Waals surface area contributed by atoms with Gasteiger partial charge in [0.25, 0.3) is 0 Å². The van der Waals surface area contributed by atoms with Gasteiger partial charge in [0.2, 0.25) is 0 Å². The molecule has 0 fully saturated rings. The number of carbonyl (C=O) groups excluding carboxylic acids is 1. The van der Waals surface area contributed by atoms with Crippen molar-refractivity contribution in [2.75, 3.05) is 6.61 Å². The summed E-state index contributed by atoms with van der Waals surface area (Å²) >= 11 is 1.62. The van der Waals surface area contributed by atoms with E-state index in [1.165, 1.54) is 0 Å².